The summed E-state index contributed by atoms with van der Waals surface area (Å²) in [7, 11) is 0. The van der Waals surface area contributed by atoms with Crippen LogP contribution in [0, 0.1) is 6.92 Å². The average Bonchev–Trinajstić information content (AvgIpc) is 2.02. The van der Waals surface area contributed by atoms with Gasteiger partial charge in [-0.1, -0.05) is 12.1 Å². The smallest absolute Gasteiger partial charge is 0.199 e. The molecular weight excluding hydrogens is 230 g/mol. The molecule has 1 heterocycles. The Bertz CT molecular complexity index is 468. The van der Waals surface area contributed by atoms with Crippen LogP contribution in [-0.2, 0) is 0 Å². The van der Waals surface area contributed by atoms with Gasteiger partial charge in [0.2, 0.25) is 0 Å². The zero-order valence-corrected chi connectivity index (χ0v) is 8.67. The first-order valence-electron chi connectivity index (χ1n) is 3.87. The molecule has 2 rings (SSSR count). The molecule has 3 nitrogen and oxygen atoms in total. The summed E-state index contributed by atoms with van der Waals surface area (Å²) in [6, 6.07) is 5.87. The van der Waals surface area contributed by atoms with E-state index in [-0.39, 0.29) is 0 Å². The normalized spacial score (nSPS) is 10.6. The van der Waals surface area contributed by atoms with E-state index in [4.69, 9.17) is 5.73 Å². The lowest BCUT2D eigenvalue weighted by Gasteiger charge is -2.03. The lowest BCUT2D eigenvalue weighted by Crippen LogP contribution is -1.96. The number of nitrogens with zero attached hydrogens (tertiary/aromatic N) is 2. The monoisotopic (exact) mass is 237 g/mol. The summed E-state index contributed by atoms with van der Waals surface area (Å²) in [6.07, 6.45) is 0. The molecule has 0 saturated carbocycles. The largest absolute Gasteiger partial charge is 0.383 e. The van der Waals surface area contributed by atoms with E-state index < -0.39 is 0 Å². The van der Waals surface area contributed by atoms with Crippen molar-refractivity contribution in [1.82, 2.24) is 9.97 Å². The van der Waals surface area contributed by atoms with Crippen LogP contribution in [0.3, 0.4) is 0 Å². The number of benzene rings is 1. The number of aromatic nitrogens is 2. The predicted octanol–water partition coefficient (Wildman–Crippen LogP) is 2.28. The van der Waals surface area contributed by atoms with Crippen molar-refractivity contribution in [2.45, 2.75) is 6.92 Å². The van der Waals surface area contributed by atoms with Crippen LogP contribution in [0.2, 0.25) is 0 Å². The highest BCUT2D eigenvalue weighted by Crippen LogP contribution is 2.22. The molecule has 66 valence electrons. The number of nitrogens with two attached hydrogens (primary N) is 1. The Morgan fingerprint density at radius 2 is 2.08 bits per heavy atom. The highest BCUT2D eigenvalue weighted by molar-refractivity contribution is 9.10. The molecule has 0 fully saturated rings. The molecule has 2 aromatic rings. The summed E-state index contributed by atoms with van der Waals surface area (Å²) in [4.78, 5) is 8.27. The number of nitrogen functional groups attached to an aromatic ring is 1. The van der Waals surface area contributed by atoms with Crippen LogP contribution in [0.25, 0.3) is 10.9 Å². The first-order chi connectivity index (χ1) is 6.18. The van der Waals surface area contributed by atoms with E-state index in [1.165, 1.54) is 0 Å². The predicted molar refractivity (Wildman–Crippen MR) is 56.4 cm³/mol. The lowest BCUT2D eigenvalue weighted by atomic mass is 10.1. The van der Waals surface area contributed by atoms with Crippen molar-refractivity contribution >= 4 is 32.7 Å². The van der Waals surface area contributed by atoms with Gasteiger partial charge in [0.1, 0.15) is 5.82 Å². The fraction of sp³-hybridized carbons (Fsp3) is 0.111. The van der Waals surface area contributed by atoms with E-state index in [9.17, 15) is 0 Å². The summed E-state index contributed by atoms with van der Waals surface area (Å²) in [6.45, 7) is 2.00. The van der Waals surface area contributed by atoms with Crippen LogP contribution >= 0.6 is 15.9 Å². The van der Waals surface area contributed by atoms with Gasteiger partial charge >= 0.3 is 0 Å². The Labute approximate surface area is 84.1 Å². The molecule has 0 unspecified atom stereocenters. The maximum atomic E-state index is 5.78. The van der Waals surface area contributed by atoms with Crippen LogP contribution in [0.15, 0.2) is 22.9 Å². The second-order valence-corrected chi connectivity index (χ2v) is 3.56. The quantitative estimate of drug-likeness (QED) is 0.716. The fourth-order valence-electron chi connectivity index (χ4n) is 1.36. The molecule has 0 spiro atoms. The number of halogens is 1. The Morgan fingerprint density at radius 3 is 2.85 bits per heavy atom. The Hall–Kier alpha value is -1.16. The van der Waals surface area contributed by atoms with Gasteiger partial charge in [0, 0.05) is 5.39 Å². The SMILES string of the molecule is Cc1cccc2nc(Br)nc(N)c12. The molecule has 1 aromatic heterocycles. The fourth-order valence-corrected chi connectivity index (χ4v) is 1.74. The molecule has 1 aromatic carbocycles. The van der Waals surface area contributed by atoms with Crippen molar-refractivity contribution in [2.75, 3.05) is 5.73 Å². The van der Waals surface area contributed by atoms with Crippen LogP contribution in [-0.4, -0.2) is 9.97 Å². The van der Waals surface area contributed by atoms with E-state index in [0.29, 0.717) is 10.6 Å². The van der Waals surface area contributed by atoms with Crippen molar-refractivity contribution in [3.05, 3.63) is 28.5 Å². The van der Waals surface area contributed by atoms with Crippen LogP contribution in [0.1, 0.15) is 5.56 Å². The number of fused-ring (bicyclic) bond motifs is 1. The molecule has 0 radical (unpaired) electrons. The first-order valence-corrected chi connectivity index (χ1v) is 4.66. The van der Waals surface area contributed by atoms with Gasteiger partial charge in [-0.05, 0) is 34.5 Å². The molecular formula is C9H8BrN3. The zero-order valence-electron chi connectivity index (χ0n) is 7.08. The van der Waals surface area contributed by atoms with Crippen molar-refractivity contribution < 1.29 is 0 Å². The Kier molecular flexibility index (Phi) is 1.92. The second-order valence-electron chi connectivity index (χ2n) is 2.85. The van der Waals surface area contributed by atoms with Crippen molar-refractivity contribution in [3.63, 3.8) is 0 Å². The minimum atomic E-state index is 0.523. The van der Waals surface area contributed by atoms with Gasteiger partial charge in [-0.15, -0.1) is 0 Å². The summed E-state index contributed by atoms with van der Waals surface area (Å²) in [5, 5.41) is 0.936. The number of hydrogen-bond donors (Lipinski definition) is 1. The van der Waals surface area contributed by atoms with Crippen molar-refractivity contribution in [3.8, 4) is 0 Å². The van der Waals surface area contributed by atoms with Crippen LogP contribution in [0.4, 0.5) is 5.82 Å². The molecule has 13 heavy (non-hydrogen) atoms. The Morgan fingerprint density at radius 1 is 1.31 bits per heavy atom. The molecule has 0 aliphatic heterocycles. The molecule has 0 bridgehead atoms. The average molecular weight is 238 g/mol. The highest BCUT2D eigenvalue weighted by atomic mass is 79.9. The number of anilines is 1. The number of rotatable bonds is 0. The molecule has 0 aliphatic carbocycles. The van der Waals surface area contributed by atoms with Gasteiger partial charge in [-0.2, -0.15) is 0 Å². The van der Waals surface area contributed by atoms with Gasteiger partial charge in [0.25, 0.3) is 0 Å². The molecule has 2 N–H and O–H groups in total. The summed E-state index contributed by atoms with van der Waals surface area (Å²) < 4.78 is 0.531. The maximum absolute atomic E-state index is 5.78. The molecule has 0 amide bonds. The summed E-state index contributed by atoms with van der Waals surface area (Å²) >= 11 is 3.21. The topological polar surface area (TPSA) is 51.8 Å². The first kappa shape index (κ1) is 8.44. The zero-order chi connectivity index (χ0) is 9.42. The van der Waals surface area contributed by atoms with Gasteiger partial charge in [0.05, 0.1) is 5.52 Å². The van der Waals surface area contributed by atoms with E-state index in [1.807, 2.05) is 25.1 Å². The van der Waals surface area contributed by atoms with Crippen molar-refractivity contribution in [2.24, 2.45) is 0 Å². The molecule has 0 atom stereocenters. The van der Waals surface area contributed by atoms with Gasteiger partial charge in [-0.3, -0.25) is 0 Å². The van der Waals surface area contributed by atoms with E-state index >= 15 is 0 Å². The highest BCUT2D eigenvalue weighted by Gasteiger charge is 2.04. The molecule has 4 heteroatoms. The summed E-state index contributed by atoms with van der Waals surface area (Å²) in [5.74, 6) is 0.523. The number of hydrogen-bond acceptors (Lipinski definition) is 3. The molecule has 0 saturated heterocycles. The van der Waals surface area contributed by atoms with Crippen molar-refractivity contribution in [1.29, 1.82) is 0 Å². The second kappa shape index (κ2) is 2.96. The summed E-state index contributed by atoms with van der Waals surface area (Å²) in [5.41, 5.74) is 7.75. The van der Waals surface area contributed by atoms with Crippen LogP contribution in [0.5, 0.6) is 0 Å². The minimum absolute atomic E-state index is 0.523. The molecule has 0 aliphatic rings. The van der Waals surface area contributed by atoms with E-state index in [2.05, 4.69) is 25.9 Å². The Balaban J connectivity index is 2.94. The maximum Gasteiger partial charge on any atom is 0.199 e. The lowest BCUT2D eigenvalue weighted by molar-refractivity contribution is 1.16. The standard InChI is InChI=1S/C9H8BrN3/c1-5-3-2-4-6-7(5)8(11)13-9(10)12-6/h2-4H,1H3,(H2,11,12,13). The van der Waals surface area contributed by atoms with E-state index in [1.54, 1.807) is 0 Å². The minimum Gasteiger partial charge on any atom is -0.383 e. The third kappa shape index (κ3) is 1.37. The third-order valence-electron chi connectivity index (χ3n) is 1.93. The van der Waals surface area contributed by atoms with Gasteiger partial charge in [-0.25, -0.2) is 9.97 Å². The van der Waals surface area contributed by atoms with Crippen LogP contribution < -0.4 is 5.73 Å². The van der Waals surface area contributed by atoms with E-state index in [0.717, 1.165) is 16.5 Å². The number of aryl methyl sites for hydroxylation is 1. The third-order valence-corrected chi connectivity index (χ3v) is 2.29. The van der Waals surface area contributed by atoms with Gasteiger partial charge < -0.3 is 5.73 Å². The van der Waals surface area contributed by atoms with Gasteiger partial charge in [0.15, 0.2) is 4.73 Å².